The summed E-state index contributed by atoms with van der Waals surface area (Å²) in [6, 6.07) is 8.30. The number of aryl methyl sites for hydroxylation is 1. The van der Waals surface area contributed by atoms with Crippen molar-refractivity contribution in [3.8, 4) is 0 Å². The number of aliphatic carboxylic acids is 1. The molecule has 16 heavy (non-hydrogen) atoms. The van der Waals surface area contributed by atoms with Crippen molar-refractivity contribution in [2.45, 2.75) is 38.6 Å². The summed E-state index contributed by atoms with van der Waals surface area (Å²) < 4.78 is 0. The van der Waals surface area contributed by atoms with Crippen LogP contribution in [0, 0.1) is 0 Å². The molecule has 1 atom stereocenters. The molecule has 0 aliphatic carbocycles. The summed E-state index contributed by atoms with van der Waals surface area (Å²) in [5.74, 6) is -1.00. The second-order valence-electron chi connectivity index (χ2n) is 4.10. The van der Waals surface area contributed by atoms with Gasteiger partial charge in [-0.05, 0) is 18.4 Å². The lowest BCUT2D eigenvalue weighted by Gasteiger charge is -2.10. The van der Waals surface area contributed by atoms with Gasteiger partial charge in [0.1, 0.15) is 6.04 Å². The van der Waals surface area contributed by atoms with E-state index >= 15 is 0 Å². The van der Waals surface area contributed by atoms with Crippen molar-refractivity contribution in [3.05, 3.63) is 35.4 Å². The van der Waals surface area contributed by atoms with E-state index in [9.17, 15) is 9.90 Å². The average molecular weight is 221 g/mol. The number of carboxylic acids is 1. The second kappa shape index (κ2) is 6.28. The Labute approximate surface area is 96.3 Å². The molecule has 3 heteroatoms. The monoisotopic (exact) mass is 221 g/mol. The summed E-state index contributed by atoms with van der Waals surface area (Å²) >= 11 is 0. The molecule has 0 aromatic heterocycles. The van der Waals surface area contributed by atoms with Gasteiger partial charge in [0.25, 0.3) is 0 Å². The Bertz CT molecular complexity index is 332. The van der Waals surface area contributed by atoms with Crippen LogP contribution in [0.5, 0.6) is 0 Å². The third-order valence-corrected chi connectivity index (χ3v) is 2.69. The summed E-state index contributed by atoms with van der Waals surface area (Å²) in [5.41, 5.74) is 6.38. The average Bonchev–Trinajstić information content (AvgIpc) is 2.27. The van der Waals surface area contributed by atoms with Crippen molar-refractivity contribution in [3.63, 3.8) is 0 Å². The van der Waals surface area contributed by atoms with Crippen LogP contribution in [0.2, 0.25) is 0 Å². The van der Waals surface area contributed by atoms with Gasteiger partial charge < -0.3 is 15.6 Å². The lowest BCUT2D eigenvalue weighted by molar-refractivity contribution is -0.428. The van der Waals surface area contributed by atoms with E-state index in [1.165, 1.54) is 5.56 Å². The van der Waals surface area contributed by atoms with Gasteiger partial charge in [-0.1, -0.05) is 37.6 Å². The summed E-state index contributed by atoms with van der Waals surface area (Å²) in [7, 11) is 0. The van der Waals surface area contributed by atoms with Gasteiger partial charge in [0, 0.05) is 18.0 Å². The number of carboxylic acid groups (broad SMARTS) is 1. The maximum absolute atomic E-state index is 10.3. The zero-order chi connectivity index (χ0) is 12.0. The van der Waals surface area contributed by atoms with Crippen molar-refractivity contribution in [1.29, 1.82) is 0 Å². The van der Waals surface area contributed by atoms with Crippen LogP contribution < -0.4 is 10.8 Å². The number of hydrogen-bond acceptors (Lipinski definition) is 2. The number of benzene rings is 1. The quantitative estimate of drug-likeness (QED) is 0.758. The predicted molar refractivity (Wildman–Crippen MR) is 60.3 cm³/mol. The van der Waals surface area contributed by atoms with Crippen molar-refractivity contribution in [1.82, 2.24) is 0 Å². The van der Waals surface area contributed by atoms with E-state index in [4.69, 9.17) is 0 Å². The van der Waals surface area contributed by atoms with E-state index in [-0.39, 0.29) is 12.5 Å². The zero-order valence-electron chi connectivity index (χ0n) is 9.74. The first-order valence-electron chi connectivity index (χ1n) is 5.75. The highest BCUT2D eigenvalue weighted by molar-refractivity contribution is 5.64. The van der Waals surface area contributed by atoms with Gasteiger partial charge >= 0.3 is 0 Å². The number of carbonyl (C=O) groups is 1. The molecule has 0 heterocycles. The van der Waals surface area contributed by atoms with E-state index in [1.807, 2.05) is 12.1 Å². The van der Waals surface area contributed by atoms with Crippen LogP contribution >= 0.6 is 0 Å². The highest BCUT2D eigenvalue weighted by Crippen LogP contribution is 2.15. The normalized spacial score (nSPS) is 12.4. The predicted octanol–water partition coefficient (Wildman–Crippen LogP) is 0.452. The number of carbonyl (C=O) groups excluding carboxylic acids is 1. The summed E-state index contributed by atoms with van der Waals surface area (Å²) in [6.07, 6.45) is 2.83. The third-order valence-electron chi connectivity index (χ3n) is 2.69. The molecule has 0 aliphatic heterocycles. The van der Waals surface area contributed by atoms with Gasteiger partial charge in [0.2, 0.25) is 0 Å². The lowest BCUT2D eigenvalue weighted by atomic mass is 10.0. The topological polar surface area (TPSA) is 67.8 Å². The Kier molecular flexibility index (Phi) is 4.99. The Morgan fingerprint density at radius 1 is 1.38 bits per heavy atom. The molecule has 0 fully saturated rings. The Morgan fingerprint density at radius 2 is 2.00 bits per heavy atom. The van der Waals surface area contributed by atoms with Crippen LogP contribution in [0.25, 0.3) is 0 Å². The molecule has 0 spiro atoms. The van der Waals surface area contributed by atoms with Crippen molar-refractivity contribution >= 4 is 5.97 Å². The molecule has 0 radical (unpaired) electrons. The molecule has 0 saturated carbocycles. The fourth-order valence-electron chi connectivity index (χ4n) is 1.70. The number of hydrogen-bond donors (Lipinski definition) is 1. The third kappa shape index (κ3) is 4.03. The maximum Gasteiger partial charge on any atom is 0.110 e. The number of quaternary nitrogens is 1. The van der Waals surface area contributed by atoms with Gasteiger partial charge in [-0.3, -0.25) is 0 Å². The summed E-state index contributed by atoms with van der Waals surface area (Å²) in [4.78, 5) is 10.3. The molecule has 0 unspecified atom stereocenters. The molecular formula is C13H19NO2. The molecule has 0 amide bonds. The van der Waals surface area contributed by atoms with E-state index in [0.717, 1.165) is 18.4 Å². The van der Waals surface area contributed by atoms with Crippen molar-refractivity contribution in [2.24, 2.45) is 0 Å². The highest BCUT2D eigenvalue weighted by Gasteiger charge is 2.08. The van der Waals surface area contributed by atoms with Gasteiger partial charge in [-0.15, -0.1) is 0 Å². The first-order chi connectivity index (χ1) is 7.63. The highest BCUT2D eigenvalue weighted by atomic mass is 16.4. The minimum absolute atomic E-state index is 0.0357. The Balaban J connectivity index is 2.55. The molecule has 0 aliphatic rings. The van der Waals surface area contributed by atoms with Crippen molar-refractivity contribution < 1.29 is 15.6 Å². The fraction of sp³-hybridized carbons (Fsp3) is 0.462. The van der Waals surface area contributed by atoms with Crippen LogP contribution in [0.1, 0.15) is 43.4 Å². The molecular weight excluding hydrogens is 202 g/mol. The van der Waals surface area contributed by atoms with E-state index < -0.39 is 5.97 Å². The van der Waals surface area contributed by atoms with Gasteiger partial charge in [0.05, 0.1) is 0 Å². The molecule has 3 N–H and O–H groups in total. The molecule has 88 valence electrons. The molecule has 1 rings (SSSR count). The molecule has 1 aromatic rings. The fourth-order valence-corrected chi connectivity index (χ4v) is 1.70. The molecule has 0 saturated heterocycles. The summed E-state index contributed by atoms with van der Waals surface area (Å²) in [6.45, 7) is 2.15. The number of rotatable bonds is 6. The molecule has 1 aromatic carbocycles. The van der Waals surface area contributed by atoms with Crippen LogP contribution in [0.3, 0.4) is 0 Å². The van der Waals surface area contributed by atoms with Crippen molar-refractivity contribution in [2.75, 3.05) is 0 Å². The minimum Gasteiger partial charge on any atom is -0.550 e. The second-order valence-corrected chi connectivity index (χ2v) is 4.10. The van der Waals surface area contributed by atoms with Crippen LogP contribution in [-0.2, 0) is 11.2 Å². The van der Waals surface area contributed by atoms with E-state index in [1.54, 1.807) is 0 Å². The largest absolute Gasteiger partial charge is 0.550 e. The maximum atomic E-state index is 10.3. The van der Waals surface area contributed by atoms with Crippen LogP contribution in [0.4, 0.5) is 0 Å². The molecule has 3 nitrogen and oxygen atoms in total. The Hall–Kier alpha value is -1.35. The smallest absolute Gasteiger partial charge is 0.110 e. The Morgan fingerprint density at radius 3 is 2.50 bits per heavy atom. The van der Waals surface area contributed by atoms with Gasteiger partial charge in [-0.2, -0.15) is 0 Å². The standard InChI is InChI=1S/C13H19NO2/c1-2-3-10-4-6-11(7-5-10)12(14)8-9-13(15)16/h4-7,12H,2-3,8-9,14H2,1H3,(H,15,16)/t12-/m1/s1. The molecule has 0 bridgehead atoms. The zero-order valence-corrected chi connectivity index (χ0v) is 9.74. The van der Waals surface area contributed by atoms with E-state index in [0.29, 0.717) is 6.42 Å². The first kappa shape index (κ1) is 12.7. The van der Waals surface area contributed by atoms with Crippen LogP contribution in [0.15, 0.2) is 24.3 Å². The minimum atomic E-state index is -1.00. The van der Waals surface area contributed by atoms with Gasteiger partial charge in [-0.25, -0.2) is 0 Å². The SMILES string of the molecule is CCCc1ccc([C@H]([NH3+])CCC(=O)[O-])cc1. The summed E-state index contributed by atoms with van der Waals surface area (Å²) in [5, 5.41) is 10.3. The lowest BCUT2D eigenvalue weighted by Crippen LogP contribution is -2.53. The first-order valence-corrected chi connectivity index (χ1v) is 5.75. The van der Waals surface area contributed by atoms with Gasteiger partial charge in [0.15, 0.2) is 0 Å². The van der Waals surface area contributed by atoms with Crippen LogP contribution in [-0.4, -0.2) is 5.97 Å². The van der Waals surface area contributed by atoms with E-state index in [2.05, 4.69) is 24.8 Å².